The Bertz CT molecular complexity index is 463. The number of nitrogens with one attached hydrogen (secondary N) is 1. The second-order valence-electron chi connectivity index (χ2n) is 4.46. The molecule has 0 aliphatic heterocycles. The maximum Gasteiger partial charge on any atom is 0.114 e. The van der Waals surface area contributed by atoms with Gasteiger partial charge < -0.3 is 10.7 Å². The molecule has 0 aromatic carbocycles. The summed E-state index contributed by atoms with van der Waals surface area (Å²) in [6.07, 6.45) is 5.53. The van der Waals surface area contributed by atoms with Crippen LogP contribution < -0.4 is 5.73 Å². The Hall–Kier alpha value is -1.13. The Morgan fingerprint density at radius 3 is 2.94 bits per heavy atom. The molecule has 16 heavy (non-hydrogen) atoms. The Morgan fingerprint density at radius 1 is 1.50 bits per heavy atom. The zero-order valence-corrected chi connectivity index (χ0v) is 9.89. The molecular formula is C12H15N3S. The number of aromatic nitrogens is 2. The second-order valence-corrected chi connectivity index (χ2v) is 5.41. The van der Waals surface area contributed by atoms with Crippen LogP contribution >= 0.6 is 11.3 Å². The summed E-state index contributed by atoms with van der Waals surface area (Å²) >= 11 is 1.73. The smallest absolute Gasteiger partial charge is 0.114 e. The van der Waals surface area contributed by atoms with Crippen LogP contribution in [0.5, 0.6) is 0 Å². The number of rotatable bonds is 3. The standard InChI is InChI=1S/C12H15N3S/c13-8-12(4-2-5-12)11-14-7-9(15-11)10-3-1-6-16-10/h1,3,6-7H,2,4-5,8,13H2,(H,14,15). The number of hydrogen-bond donors (Lipinski definition) is 2. The average Bonchev–Trinajstić information content (AvgIpc) is 2.86. The highest BCUT2D eigenvalue weighted by molar-refractivity contribution is 7.13. The molecule has 0 radical (unpaired) electrons. The molecule has 0 amide bonds. The summed E-state index contributed by atoms with van der Waals surface area (Å²) in [5.41, 5.74) is 7.12. The van der Waals surface area contributed by atoms with Crippen LogP contribution in [0.2, 0.25) is 0 Å². The van der Waals surface area contributed by atoms with Gasteiger partial charge >= 0.3 is 0 Å². The molecule has 0 atom stereocenters. The summed E-state index contributed by atoms with van der Waals surface area (Å²) in [4.78, 5) is 9.18. The van der Waals surface area contributed by atoms with E-state index in [1.807, 2.05) is 6.20 Å². The molecule has 1 fully saturated rings. The van der Waals surface area contributed by atoms with Gasteiger partial charge in [-0.2, -0.15) is 0 Å². The van der Waals surface area contributed by atoms with Crippen molar-refractivity contribution in [1.82, 2.24) is 9.97 Å². The van der Waals surface area contributed by atoms with Crippen molar-refractivity contribution in [3.05, 3.63) is 29.5 Å². The predicted octanol–water partition coefficient (Wildman–Crippen LogP) is 2.52. The van der Waals surface area contributed by atoms with Crippen molar-refractivity contribution >= 4 is 11.3 Å². The topological polar surface area (TPSA) is 54.7 Å². The lowest BCUT2D eigenvalue weighted by atomic mass is 9.68. The minimum Gasteiger partial charge on any atom is -0.341 e. The predicted molar refractivity (Wildman–Crippen MR) is 66.5 cm³/mol. The van der Waals surface area contributed by atoms with Gasteiger partial charge in [0.25, 0.3) is 0 Å². The number of thiophene rings is 1. The molecule has 1 aliphatic carbocycles. The average molecular weight is 233 g/mol. The lowest BCUT2D eigenvalue weighted by Gasteiger charge is -2.38. The first-order chi connectivity index (χ1) is 7.84. The highest BCUT2D eigenvalue weighted by atomic mass is 32.1. The van der Waals surface area contributed by atoms with Crippen molar-refractivity contribution in [2.24, 2.45) is 5.73 Å². The molecule has 2 aromatic heterocycles. The van der Waals surface area contributed by atoms with Gasteiger partial charge in [0.15, 0.2) is 0 Å². The van der Waals surface area contributed by atoms with Crippen LogP contribution in [0.4, 0.5) is 0 Å². The molecule has 1 saturated carbocycles. The van der Waals surface area contributed by atoms with Crippen LogP contribution in [0.1, 0.15) is 25.1 Å². The van der Waals surface area contributed by atoms with E-state index in [2.05, 4.69) is 27.5 Å². The zero-order chi connectivity index (χ0) is 11.0. The van der Waals surface area contributed by atoms with Crippen LogP contribution in [-0.2, 0) is 5.41 Å². The van der Waals surface area contributed by atoms with Gasteiger partial charge in [0.1, 0.15) is 5.82 Å². The zero-order valence-electron chi connectivity index (χ0n) is 9.07. The van der Waals surface area contributed by atoms with Gasteiger partial charge in [-0.25, -0.2) is 4.98 Å². The van der Waals surface area contributed by atoms with Crippen LogP contribution in [0.3, 0.4) is 0 Å². The molecule has 0 saturated heterocycles. The summed E-state index contributed by atoms with van der Waals surface area (Å²) in [6, 6.07) is 4.17. The van der Waals surface area contributed by atoms with Crippen molar-refractivity contribution in [1.29, 1.82) is 0 Å². The number of imidazole rings is 1. The van der Waals surface area contributed by atoms with E-state index in [1.165, 1.54) is 24.1 Å². The van der Waals surface area contributed by atoms with Gasteiger partial charge in [0.05, 0.1) is 16.8 Å². The lowest BCUT2D eigenvalue weighted by Crippen LogP contribution is -2.42. The highest BCUT2D eigenvalue weighted by Gasteiger charge is 2.39. The number of nitrogens with two attached hydrogens (primary N) is 1. The third-order valence-corrected chi connectivity index (χ3v) is 4.47. The minimum atomic E-state index is 0.134. The van der Waals surface area contributed by atoms with E-state index < -0.39 is 0 Å². The molecule has 0 unspecified atom stereocenters. The first kappa shape index (κ1) is 10.1. The fourth-order valence-corrected chi connectivity index (χ4v) is 2.98. The molecule has 2 aromatic rings. The lowest BCUT2D eigenvalue weighted by molar-refractivity contribution is 0.240. The summed E-state index contributed by atoms with van der Waals surface area (Å²) in [6.45, 7) is 0.699. The van der Waals surface area contributed by atoms with Crippen LogP contribution in [0, 0.1) is 0 Å². The van der Waals surface area contributed by atoms with Crippen LogP contribution in [0.25, 0.3) is 10.6 Å². The van der Waals surface area contributed by atoms with Crippen LogP contribution in [0.15, 0.2) is 23.7 Å². The van der Waals surface area contributed by atoms with E-state index in [0.717, 1.165) is 11.5 Å². The molecular weight excluding hydrogens is 218 g/mol. The maximum atomic E-state index is 5.87. The third kappa shape index (κ3) is 1.41. The molecule has 84 valence electrons. The number of H-pyrrole nitrogens is 1. The highest BCUT2D eigenvalue weighted by Crippen LogP contribution is 2.41. The molecule has 0 spiro atoms. The van der Waals surface area contributed by atoms with Gasteiger partial charge in [0, 0.05) is 12.0 Å². The second kappa shape index (κ2) is 3.71. The van der Waals surface area contributed by atoms with Crippen molar-refractivity contribution in [2.75, 3.05) is 6.54 Å². The van der Waals surface area contributed by atoms with Gasteiger partial charge in [-0.1, -0.05) is 12.5 Å². The van der Waals surface area contributed by atoms with E-state index in [4.69, 9.17) is 5.73 Å². The molecule has 4 heteroatoms. The van der Waals surface area contributed by atoms with Crippen molar-refractivity contribution in [3.63, 3.8) is 0 Å². The Morgan fingerprint density at radius 2 is 2.38 bits per heavy atom. The molecule has 3 N–H and O–H groups in total. The minimum absolute atomic E-state index is 0.134. The van der Waals surface area contributed by atoms with Gasteiger partial charge in [-0.05, 0) is 24.3 Å². The number of hydrogen-bond acceptors (Lipinski definition) is 3. The fourth-order valence-electron chi connectivity index (χ4n) is 2.29. The SMILES string of the molecule is NCC1(c2ncc(-c3cccs3)[nH]2)CCC1. The monoisotopic (exact) mass is 233 g/mol. The normalized spacial score (nSPS) is 18.3. The van der Waals surface area contributed by atoms with E-state index in [9.17, 15) is 0 Å². The Balaban J connectivity index is 1.93. The molecule has 2 heterocycles. The van der Waals surface area contributed by atoms with Crippen LogP contribution in [-0.4, -0.2) is 16.5 Å². The van der Waals surface area contributed by atoms with E-state index >= 15 is 0 Å². The first-order valence-corrected chi connectivity index (χ1v) is 6.51. The molecule has 3 rings (SSSR count). The van der Waals surface area contributed by atoms with E-state index in [0.29, 0.717) is 6.54 Å². The van der Waals surface area contributed by atoms with Crippen molar-refractivity contribution < 1.29 is 0 Å². The van der Waals surface area contributed by atoms with Gasteiger partial charge in [-0.15, -0.1) is 11.3 Å². The Kier molecular flexibility index (Phi) is 2.33. The summed E-state index contributed by atoms with van der Waals surface area (Å²) < 4.78 is 0. The summed E-state index contributed by atoms with van der Waals surface area (Å²) in [5.74, 6) is 1.07. The van der Waals surface area contributed by atoms with E-state index in [1.54, 1.807) is 11.3 Å². The molecule has 1 aliphatic rings. The summed E-state index contributed by atoms with van der Waals surface area (Å²) in [5, 5.41) is 2.08. The largest absolute Gasteiger partial charge is 0.341 e. The van der Waals surface area contributed by atoms with Crippen molar-refractivity contribution in [3.8, 4) is 10.6 Å². The first-order valence-electron chi connectivity index (χ1n) is 5.63. The van der Waals surface area contributed by atoms with E-state index in [-0.39, 0.29) is 5.41 Å². The fraction of sp³-hybridized carbons (Fsp3) is 0.417. The van der Waals surface area contributed by atoms with Crippen molar-refractivity contribution in [2.45, 2.75) is 24.7 Å². The molecule has 3 nitrogen and oxygen atoms in total. The van der Waals surface area contributed by atoms with Gasteiger partial charge in [0.2, 0.25) is 0 Å². The third-order valence-electron chi connectivity index (χ3n) is 3.57. The maximum absolute atomic E-state index is 5.87. The van der Waals surface area contributed by atoms with Gasteiger partial charge in [-0.3, -0.25) is 0 Å². The number of nitrogens with zero attached hydrogens (tertiary/aromatic N) is 1. The Labute approximate surface area is 98.7 Å². The number of aromatic amines is 1. The summed E-state index contributed by atoms with van der Waals surface area (Å²) in [7, 11) is 0. The molecule has 0 bridgehead atoms. The quantitative estimate of drug-likeness (QED) is 0.856.